The highest BCUT2D eigenvalue weighted by atomic mass is 16.8. The SMILES string of the molecule is CC(=O)O[C@H]1CC(c2ccccn2)=NO1. The molecule has 1 aliphatic rings. The molecule has 5 nitrogen and oxygen atoms in total. The standard InChI is InChI=1S/C10H10N2O3/c1-7(13)14-10-6-9(12-15-10)8-4-2-3-5-11-8/h2-5,10H,6H2,1H3/t10-/m1/s1. The minimum absolute atomic E-state index is 0.377. The lowest BCUT2D eigenvalue weighted by atomic mass is 10.2. The zero-order valence-corrected chi connectivity index (χ0v) is 8.21. The van der Waals surface area contributed by atoms with Crippen LogP contribution in [0.5, 0.6) is 0 Å². The summed E-state index contributed by atoms with van der Waals surface area (Å²) in [5.74, 6) is -0.377. The van der Waals surface area contributed by atoms with Gasteiger partial charge < -0.3 is 9.57 Å². The normalized spacial score (nSPS) is 19.3. The molecule has 0 N–H and O–H groups in total. The molecule has 15 heavy (non-hydrogen) atoms. The molecular formula is C10H10N2O3. The van der Waals surface area contributed by atoms with Crippen LogP contribution in [-0.2, 0) is 14.4 Å². The molecule has 0 unspecified atom stereocenters. The lowest BCUT2D eigenvalue weighted by Crippen LogP contribution is -2.16. The van der Waals surface area contributed by atoms with E-state index in [-0.39, 0.29) is 5.97 Å². The molecule has 0 saturated carbocycles. The second-order valence-electron chi connectivity index (χ2n) is 3.10. The number of hydrogen-bond acceptors (Lipinski definition) is 5. The van der Waals surface area contributed by atoms with Gasteiger partial charge in [-0.2, -0.15) is 0 Å². The van der Waals surface area contributed by atoms with Crippen molar-refractivity contribution in [3.8, 4) is 0 Å². The zero-order chi connectivity index (χ0) is 10.7. The number of pyridine rings is 1. The first-order valence-corrected chi connectivity index (χ1v) is 4.57. The maximum atomic E-state index is 10.7. The van der Waals surface area contributed by atoms with Gasteiger partial charge in [-0.05, 0) is 12.1 Å². The highest BCUT2D eigenvalue weighted by molar-refractivity contribution is 5.99. The van der Waals surface area contributed by atoms with E-state index in [2.05, 4.69) is 10.1 Å². The predicted octanol–water partition coefficient (Wildman–Crippen LogP) is 1.10. The summed E-state index contributed by atoms with van der Waals surface area (Å²) in [7, 11) is 0. The Balaban J connectivity index is 2.01. The van der Waals surface area contributed by atoms with Crippen LogP contribution in [0.2, 0.25) is 0 Å². The molecule has 0 spiro atoms. The number of carbonyl (C=O) groups excluding carboxylic acids is 1. The number of oxime groups is 1. The van der Waals surface area contributed by atoms with Gasteiger partial charge in [-0.3, -0.25) is 9.78 Å². The van der Waals surface area contributed by atoms with Crippen LogP contribution in [0.15, 0.2) is 29.6 Å². The topological polar surface area (TPSA) is 60.8 Å². The molecule has 1 aliphatic heterocycles. The van der Waals surface area contributed by atoms with Crippen LogP contribution in [0.3, 0.4) is 0 Å². The summed E-state index contributed by atoms with van der Waals surface area (Å²) in [6, 6.07) is 5.52. The lowest BCUT2D eigenvalue weighted by molar-refractivity contribution is -0.170. The van der Waals surface area contributed by atoms with Crippen LogP contribution in [-0.4, -0.2) is 23.0 Å². The van der Waals surface area contributed by atoms with Gasteiger partial charge in [0, 0.05) is 13.1 Å². The van der Waals surface area contributed by atoms with Crippen LogP contribution in [0, 0.1) is 0 Å². The summed E-state index contributed by atoms with van der Waals surface area (Å²) in [6.45, 7) is 1.34. The Morgan fingerprint density at radius 3 is 3.13 bits per heavy atom. The average molecular weight is 206 g/mol. The van der Waals surface area contributed by atoms with Gasteiger partial charge in [-0.15, -0.1) is 0 Å². The number of esters is 1. The Kier molecular flexibility index (Phi) is 2.62. The summed E-state index contributed by atoms with van der Waals surface area (Å²) in [6.07, 6.45) is 1.51. The van der Waals surface area contributed by atoms with Gasteiger partial charge >= 0.3 is 5.97 Å². The number of rotatable bonds is 2. The van der Waals surface area contributed by atoms with Crippen LogP contribution in [0.4, 0.5) is 0 Å². The Hall–Kier alpha value is -1.91. The summed E-state index contributed by atoms with van der Waals surface area (Å²) in [5.41, 5.74) is 1.44. The molecule has 0 bridgehead atoms. The predicted molar refractivity (Wildman–Crippen MR) is 52.0 cm³/mol. The average Bonchev–Trinajstić information content (AvgIpc) is 2.67. The van der Waals surface area contributed by atoms with Crippen LogP contribution < -0.4 is 0 Å². The number of hydrogen-bond donors (Lipinski definition) is 0. The molecule has 0 radical (unpaired) electrons. The highest BCUT2D eigenvalue weighted by Crippen LogP contribution is 2.15. The van der Waals surface area contributed by atoms with Crippen molar-refractivity contribution >= 4 is 11.7 Å². The van der Waals surface area contributed by atoms with Gasteiger partial charge in [0.15, 0.2) is 0 Å². The lowest BCUT2D eigenvalue weighted by Gasteiger charge is -2.06. The first-order valence-electron chi connectivity index (χ1n) is 4.57. The summed E-state index contributed by atoms with van der Waals surface area (Å²) in [4.78, 5) is 19.7. The van der Waals surface area contributed by atoms with E-state index in [0.29, 0.717) is 12.1 Å². The minimum Gasteiger partial charge on any atom is -0.423 e. The van der Waals surface area contributed by atoms with Gasteiger partial charge in [0.25, 0.3) is 6.29 Å². The fourth-order valence-corrected chi connectivity index (χ4v) is 1.29. The molecule has 2 heterocycles. The fourth-order valence-electron chi connectivity index (χ4n) is 1.29. The summed E-state index contributed by atoms with van der Waals surface area (Å²) >= 11 is 0. The van der Waals surface area contributed by atoms with E-state index < -0.39 is 6.29 Å². The Bertz CT molecular complexity index is 389. The first-order chi connectivity index (χ1) is 7.25. The second-order valence-corrected chi connectivity index (χ2v) is 3.10. The fraction of sp³-hybridized carbons (Fsp3) is 0.300. The first kappa shape index (κ1) is 9.64. The zero-order valence-electron chi connectivity index (χ0n) is 8.21. The van der Waals surface area contributed by atoms with E-state index in [4.69, 9.17) is 9.57 Å². The maximum Gasteiger partial charge on any atom is 0.305 e. The Morgan fingerprint density at radius 2 is 2.47 bits per heavy atom. The number of aromatic nitrogens is 1. The van der Waals surface area contributed by atoms with E-state index in [0.717, 1.165) is 5.69 Å². The van der Waals surface area contributed by atoms with Gasteiger partial charge in [-0.1, -0.05) is 11.2 Å². The Labute approximate surface area is 86.7 Å². The van der Waals surface area contributed by atoms with Gasteiger partial charge in [0.1, 0.15) is 5.71 Å². The molecule has 0 amide bonds. The van der Waals surface area contributed by atoms with E-state index in [1.807, 2.05) is 18.2 Å². The van der Waals surface area contributed by atoms with Crippen molar-refractivity contribution in [2.75, 3.05) is 0 Å². The molecule has 2 rings (SSSR count). The van der Waals surface area contributed by atoms with Crippen molar-refractivity contribution in [3.05, 3.63) is 30.1 Å². The smallest absolute Gasteiger partial charge is 0.305 e. The van der Waals surface area contributed by atoms with E-state index >= 15 is 0 Å². The van der Waals surface area contributed by atoms with Crippen molar-refractivity contribution < 1.29 is 14.4 Å². The van der Waals surface area contributed by atoms with Crippen LogP contribution in [0.1, 0.15) is 19.0 Å². The van der Waals surface area contributed by atoms with Crippen molar-refractivity contribution in [1.82, 2.24) is 4.98 Å². The van der Waals surface area contributed by atoms with Gasteiger partial charge in [-0.25, -0.2) is 0 Å². The molecule has 0 aliphatic carbocycles. The third kappa shape index (κ3) is 2.31. The van der Waals surface area contributed by atoms with Crippen LogP contribution in [0.25, 0.3) is 0 Å². The van der Waals surface area contributed by atoms with Crippen molar-refractivity contribution in [2.45, 2.75) is 19.6 Å². The van der Waals surface area contributed by atoms with E-state index in [1.54, 1.807) is 6.20 Å². The van der Waals surface area contributed by atoms with Crippen molar-refractivity contribution in [2.24, 2.45) is 5.16 Å². The van der Waals surface area contributed by atoms with E-state index in [9.17, 15) is 4.79 Å². The summed E-state index contributed by atoms with van der Waals surface area (Å²) < 4.78 is 4.86. The molecule has 1 atom stereocenters. The van der Waals surface area contributed by atoms with Crippen molar-refractivity contribution in [1.29, 1.82) is 0 Å². The quantitative estimate of drug-likeness (QED) is 0.680. The molecule has 78 valence electrons. The maximum absolute atomic E-state index is 10.7. The number of carbonyl (C=O) groups is 1. The van der Waals surface area contributed by atoms with Crippen LogP contribution >= 0.6 is 0 Å². The van der Waals surface area contributed by atoms with Gasteiger partial charge in [0.2, 0.25) is 0 Å². The van der Waals surface area contributed by atoms with Gasteiger partial charge in [0.05, 0.1) is 12.1 Å². The number of nitrogens with zero attached hydrogens (tertiary/aromatic N) is 2. The Morgan fingerprint density at radius 1 is 1.60 bits per heavy atom. The van der Waals surface area contributed by atoms with Crippen molar-refractivity contribution in [3.63, 3.8) is 0 Å². The molecular weight excluding hydrogens is 196 g/mol. The van der Waals surface area contributed by atoms with E-state index in [1.165, 1.54) is 6.92 Å². The molecule has 1 aromatic rings. The highest BCUT2D eigenvalue weighted by Gasteiger charge is 2.24. The summed E-state index contributed by atoms with van der Waals surface area (Å²) in [5, 5.41) is 3.82. The molecule has 0 aromatic carbocycles. The minimum atomic E-state index is -0.612. The molecule has 0 saturated heterocycles. The molecule has 5 heteroatoms. The third-order valence-electron chi connectivity index (χ3n) is 1.90. The molecule has 1 aromatic heterocycles. The third-order valence-corrected chi connectivity index (χ3v) is 1.90. The molecule has 0 fully saturated rings. The number of ether oxygens (including phenoxy) is 1. The second kappa shape index (κ2) is 4.08. The largest absolute Gasteiger partial charge is 0.423 e. The monoisotopic (exact) mass is 206 g/mol.